The fraction of sp³-hybridized carbons (Fsp3) is 0.231. The zero-order valence-corrected chi connectivity index (χ0v) is 11.5. The van der Waals surface area contributed by atoms with E-state index in [0.29, 0.717) is 12.3 Å². The van der Waals surface area contributed by atoms with E-state index in [4.69, 9.17) is 5.11 Å². The Hall–Kier alpha value is -2.09. The van der Waals surface area contributed by atoms with E-state index in [1.807, 2.05) is 0 Å². The number of amides is 1. The van der Waals surface area contributed by atoms with Gasteiger partial charge in [-0.3, -0.25) is 4.79 Å². The fourth-order valence-electron chi connectivity index (χ4n) is 1.63. The molecule has 0 aliphatic rings. The normalized spacial score (nSPS) is 14.7. The molecule has 0 spiro atoms. The topological polar surface area (TPSA) is 66.4 Å². The number of hydrogen-bond donors (Lipinski definition) is 2. The van der Waals surface area contributed by atoms with Gasteiger partial charge >= 0.3 is 12.1 Å². The third-order valence-electron chi connectivity index (χ3n) is 3.01. The lowest BCUT2D eigenvalue weighted by atomic mass is 10.0. The Balaban J connectivity index is 2.33. The van der Waals surface area contributed by atoms with Crippen LogP contribution in [0.2, 0.25) is 0 Å². The van der Waals surface area contributed by atoms with Crippen molar-refractivity contribution in [3.63, 3.8) is 0 Å². The second-order valence-corrected chi connectivity index (χ2v) is 5.61. The molecule has 1 amide bonds. The number of thiophene rings is 1. The van der Waals surface area contributed by atoms with E-state index >= 15 is 0 Å². The molecule has 1 unspecified atom stereocenters. The number of aliphatic carboxylic acids is 1. The van der Waals surface area contributed by atoms with Gasteiger partial charge < -0.3 is 10.4 Å². The zero-order chi connectivity index (χ0) is 15.8. The summed E-state index contributed by atoms with van der Waals surface area (Å²) in [7, 11) is 0. The predicted molar refractivity (Wildman–Crippen MR) is 71.4 cm³/mol. The first-order valence-corrected chi connectivity index (χ1v) is 6.58. The molecule has 2 N–H and O–H groups in total. The highest BCUT2D eigenvalue weighted by Crippen LogP contribution is 2.32. The lowest BCUT2D eigenvalue weighted by Gasteiger charge is -2.28. The van der Waals surface area contributed by atoms with E-state index in [1.54, 1.807) is 29.6 Å². The van der Waals surface area contributed by atoms with E-state index in [2.05, 4.69) is 0 Å². The number of fused-ring (bicyclic) bond motifs is 1. The van der Waals surface area contributed by atoms with Crippen LogP contribution in [0.3, 0.4) is 0 Å². The Labute approximate surface area is 121 Å². The minimum Gasteiger partial charge on any atom is -0.479 e. The molecule has 4 nitrogen and oxygen atoms in total. The minimum atomic E-state index is -5.11. The summed E-state index contributed by atoms with van der Waals surface area (Å²) in [5.41, 5.74) is -3.33. The average Bonchev–Trinajstić information content (AvgIpc) is 2.80. The molecular formula is C13H10F3NO3S. The molecule has 0 saturated heterocycles. The smallest absolute Gasteiger partial charge is 0.422 e. The highest BCUT2D eigenvalue weighted by atomic mass is 32.1. The Morgan fingerprint density at radius 2 is 1.86 bits per heavy atom. The molecule has 1 atom stereocenters. The van der Waals surface area contributed by atoms with Crippen molar-refractivity contribution >= 4 is 33.3 Å². The maximum absolute atomic E-state index is 12.8. The molecule has 0 aliphatic heterocycles. The maximum Gasteiger partial charge on any atom is 0.422 e. The van der Waals surface area contributed by atoms with Crippen molar-refractivity contribution in [1.29, 1.82) is 0 Å². The number of carboxylic acids is 1. The summed E-state index contributed by atoms with van der Waals surface area (Å²) in [6.45, 7) is 0.417. The van der Waals surface area contributed by atoms with Gasteiger partial charge in [-0.1, -0.05) is 18.2 Å². The van der Waals surface area contributed by atoms with Crippen LogP contribution in [-0.4, -0.2) is 28.7 Å². The Kier molecular flexibility index (Phi) is 3.66. The van der Waals surface area contributed by atoms with Gasteiger partial charge in [-0.05, 0) is 24.4 Å². The monoisotopic (exact) mass is 317 g/mol. The number of halogens is 3. The third-order valence-corrected chi connectivity index (χ3v) is 4.12. The molecule has 0 radical (unpaired) electrons. The first-order valence-electron chi connectivity index (χ1n) is 5.76. The SMILES string of the molecule is CC(NC(=O)c1cc2ccccc2s1)(C(=O)O)C(F)(F)F. The van der Waals surface area contributed by atoms with Gasteiger partial charge in [0.25, 0.3) is 5.91 Å². The average molecular weight is 317 g/mol. The van der Waals surface area contributed by atoms with Crippen molar-refractivity contribution in [2.45, 2.75) is 18.6 Å². The summed E-state index contributed by atoms with van der Waals surface area (Å²) >= 11 is 0.996. The quantitative estimate of drug-likeness (QED) is 0.914. The summed E-state index contributed by atoms with van der Waals surface area (Å²) in [6, 6.07) is 8.32. The summed E-state index contributed by atoms with van der Waals surface area (Å²) in [4.78, 5) is 22.8. The highest BCUT2D eigenvalue weighted by Gasteiger charge is 2.58. The molecule has 21 heavy (non-hydrogen) atoms. The van der Waals surface area contributed by atoms with Gasteiger partial charge in [-0.25, -0.2) is 4.79 Å². The van der Waals surface area contributed by atoms with E-state index in [0.717, 1.165) is 16.0 Å². The molecule has 0 aliphatic carbocycles. The molecule has 112 valence electrons. The van der Waals surface area contributed by atoms with E-state index in [9.17, 15) is 22.8 Å². The van der Waals surface area contributed by atoms with Crippen LogP contribution >= 0.6 is 11.3 Å². The molecule has 8 heteroatoms. The van der Waals surface area contributed by atoms with E-state index in [-0.39, 0.29) is 4.88 Å². The number of nitrogens with one attached hydrogen (secondary N) is 1. The molecule has 0 bridgehead atoms. The minimum absolute atomic E-state index is 0.0212. The zero-order valence-electron chi connectivity index (χ0n) is 10.7. The summed E-state index contributed by atoms with van der Waals surface area (Å²) in [6.07, 6.45) is -5.11. The van der Waals surface area contributed by atoms with Gasteiger partial charge in [0.1, 0.15) is 0 Å². The fourth-order valence-corrected chi connectivity index (χ4v) is 2.59. The number of rotatable bonds is 3. The van der Waals surface area contributed by atoms with E-state index < -0.39 is 23.6 Å². The van der Waals surface area contributed by atoms with Gasteiger partial charge in [0.2, 0.25) is 5.54 Å². The van der Waals surface area contributed by atoms with Crippen molar-refractivity contribution in [3.8, 4) is 0 Å². The largest absolute Gasteiger partial charge is 0.479 e. The second-order valence-electron chi connectivity index (χ2n) is 4.53. The number of carbonyl (C=O) groups excluding carboxylic acids is 1. The van der Waals surface area contributed by atoms with Crippen LogP contribution in [0.1, 0.15) is 16.6 Å². The number of alkyl halides is 3. The standard InChI is InChI=1S/C13H10F3NO3S/c1-12(11(19)20,13(14,15)16)17-10(18)9-6-7-4-2-3-5-8(7)21-9/h2-6H,1H3,(H,17,18)(H,19,20). The van der Waals surface area contributed by atoms with Crippen molar-refractivity contribution in [2.75, 3.05) is 0 Å². The van der Waals surface area contributed by atoms with Gasteiger partial charge in [-0.15, -0.1) is 11.3 Å². The number of carbonyl (C=O) groups is 2. The van der Waals surface area contributed by atoms with E-state index in [1.165, 1.54) is 6.07 Å². The van der Waals surface area contributed by atoms with Crippen LogP contribution < -0.4 is 5.32 Å². The number of hydrogen-bond acceptors (Lipinski definition) is 3. The molecule has 1 aromatic carbocycles. The molecule has 2 aromatic rings. The highest BCUT2D eigenvalue weighted by molar-refractivity contribution is 7.20. The lowest BCUT2D eigenvalue weighted by molar-refractivity contribution is -0.203. The Morgan fingerprint density at radius 1 is 1.24 bits per heavy atom. The van der Waals surface area contributed by atoms with Crippen molar-refractivity contribution in [1.82, 2.24) is 5.32 Å². The van der Waals surface area contributed by atoms with Crippen molar-refractivity contribution < 1.29 is 27.9 Å². The van der Waals surface area contributed by atoms with Crippen LogP contribution in [0.4, 0.5) is 13.2 Å². The van der Waals surface area contributed by atoms with Crippen LogP contribution in [0, 0.1) is 0 Å². The van der Waals surface area contributed by atoms with Crippen molar-refractivity contribution in [3.05, 3.63) is 35.2 Å². The molecule has 0 saturated carbocycles. The van der Waals surface area contributed by atoms with Crippen LogP contribution in [0.5, 0.6) is 0 Å². The maximum atomic E-state index is 12.8. The summed E-state index contributed by atoms with van der Waals surface area (Å²) in [5.74, 6) is -3.23. The molecular weight excluding hydrogens is 307 g/mol. The first-order chi connectivity index (χ1) is 9.65. The molecule has 1 aromatic heterocycles. The molecule has 0 fully saturated rings. The molecule has 2 rings (SSSR count). The third kappa shape index (κ3) is 2.71. The molecule has 1 heterocycles. The summed E-state index contributed by atoms with van der Waals surface area (Å²) < 4.78 is 39.3. The van der Waals surface area contributed by atoms with Crippen LogP contribution in [0.25, 0.3) is 10.1 Å². The van der Waals surface area contributed by atoms with Crippen molar-refractivity contribution in [2.24, 2.45) is 0 Å². The van der Waals surface area contributed by atoms with Gasteiger partial charge in [0.15, 0.2) is 0 Å². The van der Waals surface area contributed by atoms with Gasteiger partial charge in [-0.2, -0.15) is 13.2 Å². The Morgan fingerprint density at radius 3 is 2.38 bits per heavy atom. The number of carboxylic acid groups (broad SMARTS) is 1. The second kappa shape index (κ2) is 5.03. The first kappa shape index (κ1) is 15.3. The lowest BCUT2D eigenvalue weighted by Crippen LogP contribution is -2.61. The van der Waals surface area contributed by atoms with Gasteiger partial charge in [0.05, 0.1) is 4.88 Å². The van der Waals surface area contributed by atoms with Crippen LogP contribution in [0.15, 0.2) is 30.3 Å². The number of benzene rings is 1. The summed E-state index contributed by atoms with van der Waals surface area (Å²) in [5, 5.41) is 11.0. The van der Waals surface area contributed by atoms with Crippen LogP contribution in [-0.2, 0) is 4.79 Å². The Bertz CT molecular complexity index is 677. The van der Waals surface area contributed by atoms with Gasteiger partial charge in [0, 0.05) is 4.70 Å². The predicted octanol–water partition coefficient (Wildman–Crippen LogP) is 3.04.